The van der Waals surface area contributed by atoms with Gasteiger partial charge in [0.1, 0.15) is 0 Å². The molecule has 0 N–H and O–H groups in total. The second kappa shape index (κ2) is 5.08. The van der Waals surface area contributed by atoms with Gasteiger partial charge in [0.05, 0.1) is 11.6 Å². The fourth-order valence-corrected chi connectivity index (χ4v) is 1.23. The summed E-state index contributed by atoms with van der Waals surface area (Å²) in [5.41, 5.74) is 1.78. The van der Waals surface area contributed by atoms with Gasteiger partial charge in [-0.2, -0.15) is 5.26 Å². The number of hydrogen-bond donors (Lipinski definition) is 0. The molecule has 1 rings (SSSR count). The van der Waals surface area contributed by atoms with E-state index in [1.807, 2.05) is 37.4 Å². The Labute approximate surface area is 85.1 Å². The van der Waals surface area contributed by atoms with E-state index in [-0.39, 0.29) is 0 Å². The first kappa shape index (κ1) is 10.3. The van der Waals surface area contributed by atoms with E-state index in [4.69, 9.17) is 5.26 Å². The summed E-state index contributed by atoms with van der Waals surface area (Å²) in [6.07, 6.45) is 2.85. The number of nitriles is 1. The number of nitrogens with zero attached hydrogens (tertiary/aromatic N) is 2. The highest BCUT2D eigenvalue weighted by Crippen LogP contribution is 2.14. The minimum atomic E-state index is 0.702. The number of anilines is 1. The molecular formula is C12H14N2. The minimum Gasteiger partial charge on any atom is -0.374 e. The van der Waals surface area contributed by atoms with Crippen LogP contribution in [-0.4, -0.2) is 13.6 Å². The molecule has 0 spiro atoms. The summed E-state index contributed by atoms with van der Waals surface area (Å²) in [5.74, 6) is 0. The molecule has 0 saturated heterocycles. The molecule has 1 aromatic rings. The van der Waals surface area contributed by atoms with Gasteiger partial charge in [-0.25, -0.2) is 0 Å². The van der Waals surface area contributed by atoms with Gasteiger partial charge >= 0.3 is 0 Å². The second-order valence-corrected chi connectivity index (χ2v) is 3.16. The first-order valence-corrected chi connectivity index (χ1v) is 4.60. The Balaban J connectivity index is 2.74. The Morgan fingerprint density at radius 3 is 3.00 bits per heavy atom. The van der Waals surface area contributed by atoms with E-state index >= 15 is 0 Å². The maximum atomic E-state index is 8.74. The molecule has 2 heteroatoms. The first-order chi connectivity index (χ1) is 6.77. The molecule has 0 fully saturated rings. The van der Waals surface area contributed by atoms with Gasteiger partial charge in [-0.05, 0) is 24.6 Å². The van der Waals surface area contributed by atoms with Crippen LogP contribution in [0.4, 0.5) is 5.69 Å². The van der Waals surface area contributed by atoms with Crippen molar-refractivity contribution in [1.29, 1.82) is 5.26 Å². The average Bonchev–Trinajstić information content (AvgIpc) is 2.26. The molecule has 72 valence electrons. The van der Waals surface area contributed by atoms with Crippen LogP contribution < -0.4 is 4.90 Å². The highest BCUT2D eigenvalue weighted by atomic mass is 15.1. The van der Waals surface area contributed by atoms with Crippen molar-refractivity contribution in [2.45, 2.75) is 6.42 Å². The van der Waals surface area contributed by atoms with Crippen molar-refractivity contribution in [2.24, 2.45) is 0 Å². The number of hydrogen-bond acceptors (Lipinski definition) is 2. The fourth-order valence-electron chi connectivity index (χ4n) is 1.23. The molecule has 0 aliphatic heterocycles. The number of rotatable bonds is 4. The van der Waals surface area contributed by atoms with Gasteiger partial charge in [0, 0.05) is 19.3 Å². The molecule has 1 aromatic carbocycles. The molecule has 0 aromatic heterocycles. The zero-order valence-electron chi connectivity index (χ0n) is 8.40. The zero-order valence-corrected chi connectivity index (χ0v) is 8.40. The monoisotopic (exact) mass is 186 g/mol. The topological polar surface area (TPSA) is 27.0 Å². The summed E-state index contributed by atoms with van der Waals surface area (Å²) < 4.78 is 0. The van der Waals surface area contributed by atoms with Gasteiger partial charge in [-0.3, -0.25) is 0 Å². The van der Waals surface area contributed by atoms with Crippen LogP contribution in [0, 0.1) is 11.3 Å². The molecule has 0 radical (unpaired) electrons. The van der Waals surface area contributed by atoms with E-state index in [9.17, 15) is 0 Å². The van der Waals surface area contributed by atoms with Crippen molar-refractivity contribution >= 4 is 5.69 Å². The standard InChI is InChI=1S/C12H14N2/c1-3-4-8-14(2)12-7-5-6-11(9-12)10-13/h3,5-7,9H,1,4,8H2,2H3. The third-order valence-corrected chi connectivity index (χ3v) is 2.08. The maximum absolute atomic E-state index is 8.74. The summed E-state index contributed by atoms with van der Waals surface area (Å²) in [5, 5.41) is 8.74. The summed E-state index contributed by atoms with van der Waals surface area (Å²) in [6.45, 7) is 4.61. The quantitative estimate of drug-likeness (QED) is 0.676. The van der Waals surface area contributed by atoms with Crippen molar-refractivity contribution in [1.82, 2.24) is 0 Å². The fraction of sp³-hybridized carbons (Fsp3) is 0.250. The lowest BCUT2D eigenvalue weighted by Crippen LogP contribution is -2.17. The molecular weight excluding hydrogens is 172 g/mol. The first-order valence-electron chi connectivity index (χ1n) is 4.60. The Bertz CT molecular complexity index is 350. The zero-order chi connectivity index (χ0) is 10.4. The van der Waals surface area contributed by atoms with Crippen molar-refractivity contribution < 1.29 is 0 Å². The second-order valence-electron chi connectivity index (χ2n) is 3.16. The normalized spacial score (nSPS) is 9.14. The van der Waals surface area contributed by atoms with E-state index < -0.39 is 0 Å². The highest BCUT2D eigenvalue weighted by molar-refractivity contribution is 5.50. The Kier molecular flexibility index (Phi) is 3.75. The molecule has 0 atom stereocenters. The van der Waals surface area contributed by atoms with Crippen LogP contribution >= 0.6 is 0 Å². The summed E-state index contributed by atoms with van der Waals surface area (Å²) in [4.78, 5) is 2.11. The largest absolute Gasteiger partial charge is 0.374 e. The molecule has 0 heterocycles. The van der Waals surface area contributed by atoms with Crippen molar-refractivity contribution in [3.05, 3.63) is 42.5 Å². The minimum absolute atomic E-state index is 0.702. The van der Waals surface area contributed by atoms with Crippen LogP contribution in [0.5, 0.6) is 0 Å². The molecule has 0 saturated carbocycles. The predicted octanol–water partition coefficient (Wildman–Crippen LogP) is 2.57. The summed E-state index contributed by atoms with van der Waals surface area (Å²) in [7, 11) is 2.01. The van der Waals surface area contributed by atoms with E-state index in [0.29, 0.717) is 5.56 Å². The van der Waals surface area contributed by atoms with Crippen LogP contribution in [-0.2, 0) is 0 Å². The number of benzene rings is 1. The Morgan fingerprint density at radius 1 is 1.57 bits per heavy atom. The SMILES string of the molecule is C=CCCN(C)c1cccc(C#N)c1. The Hall–Kier alpha value is -1.75. The van der Waals surface area contributed by atoms with Gasteiger partial charge in [0.2, 0.25) is 0 Å². The van der Waals surface area contributed by atoms with Crippen molar-refractivity contribution in [3.63, 3.8) is 0 Å². The van der Waals surface area contributed by atoms with Gasteiger partial charge in [0.15, 0.2) is 0 Å². The smallest absolute Gasteiger partial charge is 0.0992 e. The third-order valence-electron chi connectivity index (χ3n) is 2.08. The average molecular weight is 186 g/mol. The van der Waals surface area contributed by atoms with Gasteiger partial charge in [-0.15, -0.1) is 6.58 Å². The molecule has 0 bridgehead atoms. The van der Waals surface area contributed by atoms with E-state index in [2.05, 4.69) is 17.5 Å². The maximum Gasteiger partial charge on any atom is 0.0992 e. The molecule has 14 heavy (non-hydrogen) atoms. The predicted molar refractivity (Wildman–Crippen MR) is 59.2 cm³/mol. The molecule has 0 aliphatic rings. The van der Waals surface area contributed by atoms with Crippen LogP contribution in [0.3, 0.4) is 0 Å². The summed E-state index contributed by atoms with van der Waals surface area (Å²) in [6, 6.07) is 9.74. The van der Waals surface area contributed by atoms with Crippen LogP contribution in [0.2, 0.25) is 0 Å². The van der Waals surface area contributed by atoms with E-state index in [1.165, 1.54) is 0 Å². The Morgan fingerprint density at radius 2 is 2.36 bits per heavy atom. The lowest BCUT2D eigenvalue weighted by molar-refractivity contribution is 0.900. The molecule has 0 unspecified atom stereocenters. The van der Waals surface area contributed by atoms with Crippen LogP contribution in [0.25, 0.3) is 0 Å². The highest BCUT2D eigenvalue weighted by Gasteiger charge is 1.99. The van der Waals surface area contributed by atoms with Gasteiger partial charge in [-0.1, -0.05) is 12.1 Å². The molecule has 2 nitrogen and oxygen atoms in total. The lowest BCUT2D eigenvalue weighted by Gasteiger charge is -2.18. The van der Waals surface area contributed by atoms with Gasteiger partial charge in [0.25, 0.3) is 0 Å². The van der Waals surface area contributed by atoms with Crippen LogP contribution in [0.1, 0.15) is 12.0 Å². The molecule has 0 amide bonds. The van der Waals surface area contributed by atoms with E-state index in [0.717, 1.165) is 18.7 Å². The van der Waals surface area contributed by atoms with E-state index in [1.54, 1.807) is 0 Å². The molecule has 0 aliphatic carbocycles. The summed E-state index contributed by atoms with van der Waals surface area (Å²) >= 11 is 0. The third kappa shape index (κ3) is 2.63. The lowest BCUT2D eigenvalue weighted by atomic mass is 10.2. The van der Waals surface area contributed by atoms with Crippen molar-refractivity contribution in [2.75, 3.05) is 18.5 Å². The van der Waals surface area contributed by atoms with Crippen LogP contribution in [0.15, 0.2) is 36.9 Å². The van der Waals surface area contributed by atoms with Crippen molar-refractivity contribution in [3.8, 4) is 6.07 Å². The van der Waals surface area contributed by atoms with Gasteiger partial charge < -0.3 is 4.90 Å².